The molecule has 0 aliphatic rings. The largest absolute Gasteiger partial charge is 0.439 e. The summed E-state index contributed by atoms with van der Waals surface area (Å²) in [6.07, 6.45) is -10.1. The summed E-state index contributed by atoms with van der Waals surface area (Å²) in [6.45, 7) is 0. The molecule has 12 heteroatoms. The molecule has 0 aliphatic carbocycles. The molecule has 0 amide bonds. The Labute approximate surface area is 138 Å². The third-order valence-corrected chi connectivity index (χ3v) is 3.09. The Kier molecular flexibility index (Phi) is 4.00. The van der Waals surface area contributed by atoms with Crippen molar-refractivity contribution in [1.82, 2.24) is 9.97 Å². The molecule has 0 radical (unpaired) electrons. The number of rotatable bonds is 2. The molecule has 0 fully saturated rings. The summed E-state index contributed by atoms with van der Waals surface area (Å²) in [6, 6.07) is 0.403. The average molecular weight is 384 g/mol. The van der Waals surface area contributed by atoms with E-state index in [9.17, 15) is 35.1 Å². The van der Waals surface area contributed by atoms with Crippen molar-refractivity contribution < 1.29 is 44.0 Å². The van der Waals surface area contributed by atoms with E-state index in [1.807, 2.05) is 0 Å². The lowest BCUT2D eigenvalue weighted by Gasteiger charge is -2.00. The van der Waals surface area contributed by atoms with Crippen LogP contribution in [-0.4, -0.2) is 9.97 Å². The molecular weight excluding hydrogens is 380 g/mol. The number of hydrogen-bond donors (Lipinski definition) is 0. The van der Waals surface area contributed by atoms with Gasteiger partial charge in [-0.25, -0.2) is 9.97 Å². The molecule has 3 aromatic rings. The molecule has 2 aromatic heterocycles. The van der Waals surface area contributed by atoms with Gasteiger partial charge in [-0.05, 0) is 24.3 Å². The molecule has 2 heterocycles. The van der Waals surface area contributed by atoms with Gasteiger partial charge in [0, 0.05) is 11.1 Å². The zero-order valence-electron chi connectivity index (χ0n) is 12.0. The molecule has 0 saturated carbocycles. The van der Waals surface area contributed by atoms with Crippen LogP contribution in [0.4, 0.5) is 35.1 Å². The first-order valence-corrected chi connectivity index (χ1v) is 6.54. The second-order valence-corrected chi connectivity index (χ2v) is 4.86. The van der Waals surface area contributed by atoms with E-state index >= 15 is 0 Å². The highest BCUT2D eigenvalue weighted by molar-refractivity contribution is 5.61. The molecule has 4 nitrogen and oxygen atoms in total. The summed E-state index contributed by atoms with van der Waals surface area (Å²) in [5, 5.41) is 0. The van der Waals surface area contributed by atoms with Crippen molar-refractivity contribution in [3.05, 3.63) is 47.7 Å². The lowest BCUT2D eigenvalue weighted by atomic mass is 10.1. The van der Waals surface area contributed by atoms with E-state index in [2.05, 4.69) is 18.8 Å². The lowest BCUT2D eigenvalue weighted by molar-refractivity contribution is -0.145. The first-order chi connectivity index (χ1) is 12.0. The normalized spacial score (nSPS) is 12.6. The highest BCUT2D eigenvalue weighted by Crippen LogP contribution is 2.35. The van der Waals surface area contributed by atoms with E-state index in [1.54, 1.807) is 0 Å². The number of nitrogens with zero attached hydrogens (tertiary/aromatic N) is 2. The monoisotopic (exact) mass is 384 g/mol. The van der Waals surface area contributed by atoms with Crippen molar-refractivity contribution in [2.75, 3.05) is 0 Å². The molecule has 0 atom stereocenters. The minimum absolute atomic E-state index is 0.105. The summed E-state index contributed by atoms with van der Waals surface area (Å²) in [4.78, 5) is 5.98. The van der Waals surface area contributed by atoms with Gasteiger partial charge in [0.25, 0.3) is 0 Å². The summed E-state index contributed by atoms with van der Waals surface area (Å²) < 4.78 is 110. The van der Waals surface area contributed by atoms with Gasteiger partial charge in [0.2, 0.25) is 23.2 Å². The summed E-state index contributed by atoms with van der Waals surface area (Å²) in [5.74, 6) is -1.40. The molecule has 0 N–H and O–H groups in total. The van der Waals surface area contributed by atoms with Crippen LogP contribution in [0.2, 0.25) is 0 Å². The van der Waals surface area contributed by atoms with Crippen LogP contribution >= 0.6 is 0 Å². The van der Waals surface area contributed by atoms with Gasteiger partial charge in [-0.2, -0.15) is 35.1 Å². The Hall–Kier alpha value is -2.92. The molecule has 26 heavy (non-hydrogen) atoms. The smallest absolute Gasteiger partial charge is 0.410 e. The van der Waals surface area contributed by atoms with E-state index < -0.39 is 47.5 Å². The third-order valence-electron chi connectivity index (χ3n) is 3.09. The minimum atomic E-state index is -5.06. The zero-order chi connectivity index (χ0) is 19.3. The van der Waals surface area contributed by atoms with Gasteiger partial charge < -0.3 is 8.83 Å². The number of hydrogen-bond acceptors (Lipinski definition) is 4. The Morgan fingerprint density at radius 2 is 0.923 bits per heavy atom. The molecule has 138 valence electrons. The topological polar surface area (TPSA) is 52.1 Å². The number of benzene rings is 1. The third kappa shape index (κ3) is 3.26. The number of alkyl halides is 6. The second-order valence-electron chi connectivity index (χ2n) is 4.86. The van der Waals surface area contributed by atoms with E-state index in [-0.39, 0.29) is 11.1 Å². The van der Waals surface area contributed by atoms with E-state index in [0.717, 1.165) is 24.3 Å². The summed E-state index contributed by atoms with van der Waals surface area (Å²) in [7, 11) is 0. The van der Waals surface area contributed by atoms with Crippen molar-refractivity contribution in [2.45, 2.75) is 12.4 Å². The van der Waals surface area contributed by atoms with Crippen LogP contribution in [0.1, 0.15) is 11.4 Å². The van der Waals surface area contributed by atoms with Crippen molar-refractivity contribution in [3.63, 3.8) is 0 Å². The molecule has 0 unspecified atom stereocenters. The van der Waals surface area contributed by atoms with Crippen molar-refractivity contribution in [2.24, 2.45) is 0 Å². The van der Waals surface area contributed by atoms with Gasteiger partial charge in [0.1, 0.15) is 0 Å². The molecule has 3 rings (SSSR count). The second kappa shape index (κ2) is 5.81. The van der Waals surface area contributed by atoms with Crippen LogP contribution in [0.3, 0.4) is 0 Å². The number of halogens is 8. The van der Waals surface area contributed by atoms with Crippen LogP contribution in [-0.2, 0) is 12.4 Å². The summed E-state index contributed by atoms with van der Waals surface area (Å²) in [5.41, 5.74) is -3.90. The Morgan fingerprint density at radius 3 is 1.15 bits per heavy atom. The van der Waals surface area contributed by atoms with Crippen LogP contribution < -0.4 is 0 Å². The van der Waals surface area contributed by atoms with Gasteiger partial charge in [-0.1, -0.05) is 0 Å². The maximum absolute atomic E-state index is 13.2. The Bertz CT molecular complexity index is 860. The highest BCUT2D eigenvalue weighted by atomic mass is 19.4. The average Bonchev–Trinajstić information content (AvgIpc) is 3.10. The predicted octanol–water partition coefficient (Wildman–Crippen LogP) is 5.31. The van der Waals surface area contributed by atoms with E-state index in [0.29, 0.717) is 0 Å². The first-order valence-electron chi connectivity index (χ1n) is 6.54. The summed E-state index contributed by atoms with van der Waals surface area (Å²) >= 11 is 0. The predicted molar refractivity (Wildman–Crippen MR) is 67.4 cm³/mol. The maximum Gasteiger partial charge on any atom is 0.439 e. The Morgan fingerprint density at radius 1 is 0.615 bits per heavy atom. The molecule has 0 spiro atoms. The van der Waals surface area contributed by atoms with Gasteiger partial charge in [-0.3, -0.25) is 0 Å². The lowest BCUT2D eigenvalue weighted by Crippen LogP contribution is -2.07. The highest BCUT2D eigenvalue weighted by Gasteiger charge is 2.40. The van der Waals surface area contributed by atoms with Gasteiger partial charge in [0.05, 0.1) is 0 Å². The van der Waals surface area contributed by atoms with Crippen LogP contribution in [0.25, 0.3) is 22.9 Å². The van der Waals surface area contributed by atoms with Crippen LogP contribution in [0.5, 0.6) is 0 Å². The standard InChI is InChI=1S/C14H4F8N2O2/c15-9-7(13(17,18)19)23-11(25-9)5-1-2-6(4-3-5)12-24-8(10(16)26-12)14(20,21)22/h1-4H. The first kappa shape index (κ1) is 17.9. The fourth-order valence-corrected chi connectivity index (χ4v) is 1.96. The number of aromatic nitrogens is 2. The van der Waals surface area contributed by atoms with Gasteiger partial charge in [0.15, 0.2) is 0 Å². The van der Waals surface area contributed by atoms with Crippen LogP contribution in [0.15, 0.2) is 33.1 Å². The maximum atomic E-state index is 13.2. The quantitative estimate of drug-likeness (QED) is 0.562. The zero-order valence-corrected chi connectivity index (χ0v) is 12.0. The van der Waals surface area contributed by atoms with E-state index in [4.69, 9.17) is 0 Å². The fourth-order valence-electron chi connectivity index (χ4n) is 1.96. The van der Waals surface area contributed by atoms with Crippen LogP contribution in [0, 0.1) is 12.0 Å². The molecule has 1 aromatic carbocycles. The molecular formula is C14H4F8N2O2. The van der Waals surface area contributed by atoms with Crippen molar-refractivity contribution >= 4 is 0 Å². The van der Waals surface area contributed by atoms with Crippen molar-refractivity contribution in [3.8, 4) is 22.9 Å². The SMILES string of the molecule is Fc1oc(-c2ccc(-c3nc(C(F)(F)F)c(F)o3)cc2)nc1C(F)(F)F. The van der Waals surface area contributed by atoms with Crippen molar-refractivity contribution in [1.29, 1.82) is 0 Å². The van der Waals surface area contributed by atoms with E-state index in [1.165, 1.54) is 0 Å². The minimum Gasteiger partial charge on any atom is -0.410 e. The van der Waals surface area contributed by atoms with Gasteiger partial charge in [-0.15, -0.1) is 0 Å². The molecule has 0 bridgehead atoms. The Balaban J connectivity index is 1.93. The molecule has 0 saturated heterocycles. The fraction of sp³-hybridized carbons (Fsp3) is 0.143. The van der Waals surface area contributed by atoms with Gasteiger partial charge >= 0.3 is 24.4 Å². The molecule has 0 aliphatic heterocycles. The number of oxazole rings is 2.